The molecule has 0 aliphatic heterocycles. The molecule has 0 fully saturated rings. The van der Waals surface area contributed by atoms with Crippen LogP contribution in [-0.2, 0) is 10.2 Å². The highest BCUT2D eigenvalue weighted by Crippen LogP contribution is 2.33. The molecule has 2 aromatic rings. The van der Waals surface area contributed by atoms with Gasteiger partial charge in [0.15, 0.2) is 0 Å². The normalized spacial score (nSPS) is 14.2. The van der Waals surface area contributed by atoms with Crippen molar-refractivity contribution in [2.75, 3.05) is 0 Å². The van der Waals surface area contributed by atoms with Gasteiger partial charge in [0.25, 0.3) is 0 Å². The summed E-state index contributed by atoms with van der Waals surface area (Å²) in [4.78, 5) is 14.5. The average Bonchev–Trinajstić information content (AvgIpc) is 2.83. The van der Waals surface area contributed by atoms with Crippen molar-refractivity contribution in [1.82, 2.24) is 4.98 Å². The average molecular weight is 228 g/mol. The molecule has 1 aromatic heterocycles. The number of benzene rings is 1. The Hall–Kier alpha value is -2.03. The number of carbonyl (C=O) groups is 1. The van der Waals surface area contributed by atoms with Crippen LogP contribution in [0.5, 0.6) is 0 Å². The fourth-order valence-corrected chi connectivity index (χ4v) is 2.18. The summed E-state index contributed by atoms with van der Waals surface area (Å²) in [5.41, 5.74) is 7.06. The summed E-state index contributed by atoms with van der Waals surface area (Å²) >= 11 is 0. The van der Waals surface area contributed by atoms with Crippen LogP contribution in [0.3, 0.4) is 0 Å². The predicted octanol–water partition coefficient (Wildman–Crippen LogP) is 2.20. The number of primary amides is 1. The number of aromatic nitrogens is 1. The monoisotopic (exact) mass is 228 g/mol. The smallest absolute Gasteiger partial charge is 0.218 e. The van der Waals surface area contributed by atoms with Crippen molar-refractivity contribution in [2.45, 2.75) is 18.8 Å². The topological polar surface area (TPSA) is 58.9 Å². The number of carbonyl (C=O) groups excluding carboxylic acids is 1. The van der Waals surface area contributed by atoms with Crippen LogP contribution in [0.2, 0.25) is 0 Å². The molecule has 1 atom stereocenters. The molecule has 17 heavy (non-hydrogen) atoms. The maximum atomic E-state index is 11.3. The molecule has 0 radical (unpaired) electrons. The van der Waals surface area contributed by atoms with Gasteiger partial charge in [-0.1, -0.05) is 30.3 Å². The van der Waals surface area contributed by atoms with E-state index in [1.54, 1.807) is 0 Å². The van der Waals surface area contributed by atoms with Crippen LogP contribution in [0.4, 0.5) is 0 Å². The van der Waals surface area contributed by atoms with E-state index in [4.69, 9.17) is 5.73 Å². The molecule has 1 aromatic carbocycles. The lowest BCUT2D eigenvalue weighted by molar-refractivity contribution is -0.118. The minimum atomic E-state index is -0.392. The number of aromatic amines is 1. The van der Waals surface area contributed by atoms with Gasteiger partial charge in [-0.25, -0.2) is 0 Å². The maximum Gasteiger partial charge on any atom is 0.218 e. The summed E-state index contributed by atoms with van der Waals surface area (Å²) < 4.78 is 0. The standard InChI is InChI=1S/C14H16N2O/c1-14(10-13(15)17,12-8-5-9-16-12)11-6-3-2-4-7-11/h2-9,16H,10H2,1H3,(H2,15,17). The second-order valence-corrected chi connectivity index (χ2v) is 4.43. The second kappa shape index (κ2) is 4.45. The molecule has 3 N–H and O–H groups in total. The minimum absolute atomic E-state index is 0.289. The van der Waals surface area contributed by atoms with Crippen LogP contribution in [0.1, 0.15) is 24.6 Å². The molecule has 3 nitrogen and oxygen atoms in total. The number of hydrogen-bond acceptors (Lipinski definition) is 1. The summed E-state index contributed by atoms with van der Waals surface area (Å²) in [6.45, 7) is 2.03. The van der Waals surface area contributed by atoms with Gasteiger partial charge in [-0.05, 0) is 24.6 Å². The Bertz CT molecular complexity index is 490. The van der Waals surface area contributed by atoms with Gasteiger partial charge in [-0.15, -0.1) is 0 Å². The number of hydrogen-bond donors (Lipinski definition) is 2. The molecule has 0 aliphatic rings. The molecule has 1 amide bonds. The van der Waals surface area contributed by atoms with Crippen LogP contribution in [-0.4, -0.2) is 10.9 Å². The second-order valence-electron chi connectivity index (χ2n) is 4.43. The van der Waals surface area contributed by atoms with Crippen LogP contribution in [0, 0.1) is 0 Å². The summed E-state index contributed by atoms with van der Waals surface area (Å²) in [7, 11) is 0. The zero-order valence-electron chi connectivity index (χ0n) is 9.81. The molecule has 88 valence electrons. The van der Waals surface area contributed by atoms with Crippen molar-refractivity contribution in [2.24, 2.45) is 5.73 Å². The zero-order chi connectivity index (χ0) is 12.3. The SMILES string of the molecule is CC(CC(N)=O)(c1ccccc1)c1ccc[nH]1. The molecule has 0 bridgehead atoms. The Kier molecular flexibility index (Phi) is 3.00. The molecule has 0 saturated carbocycles. The van der Waals surface area contributed by atoms with Gasteiger partial charge in [0, 0.05) is 23.7 Å². The van der Waals surface area contributed by atoms with E-state index in [9.17, 15) is 4.79 Å². The third-order valence-corrected chi connectivity index (χ3v) is 3.13. The van der Waals surface area contributed by atoms with Crippen LogP contribution < -0.4 is 5.73 Å². The quantitative estimate of drug-likeness (QED) is 0.828. The summed E-state index contributed by atoms with van der Waals surface area (Å²) in [6, 6.07) is 13.8. The first kappa shape index (κ1) is 11.5. The first-order valence-corrected chi connectivity index (χ1v) is 5.60. The van der Waals surface area contributed by atoms with Gasteiger partial charge in [0.2, 0.25) is 5.91 Å². The van der Waals surface area contributed by atoms with Gasteiger partial charge in [0.05, 0.1) is 0 Å². The van der Waals surface area contributed by atoms with E-state index < -0.39 is 5.41 Å². The fraction of sp³-hybridized carbons (Fsp3) is 0.214. The Labute approximate surface area is 101 Å². The van der Waals surface area contributed by atoms with Crippen LogP contribution in [0.25, 0.3) is 0 Å². The Balaban J connectivity index is 2.48. The van der Waals surface area contributed by atoms with Gasteiger partial charge in [-0.2, -0.15) is 0 Å². The summed E-state index contributed by atoms with van der Waals surface area (Å²) in [6.07, 6.45) is 2.15. The van der Waals surface area contributed by atoms with Crippen LogP contribution >= 0.6 is 0 Å². The predicted molar refractivity (Wildman–Crippen MR) is 67.5 cm³/mol. The molecule has 1 unspecified atom stereocenters. The largest absolute Gasteiger partial charge is 0.370 e. The van der Waals surface area contributed by atoms with Crippen molar-refractivity contribution in [1.29, 1.82) is 0 Å². The Morgan fingerprint density at radius 2 is 1.94 bits per heavy atom. The molecule has 1 heterocycles. The van der Waals surface area contributed by atoms with E-state index in [0.29, 0.717) is 0 Å². The van der Waals surface area contributed by atoms with Crippen molar-refractivity contribution in [3.8, 4) is 0 Å². The molecular formula is C14H16N2O. The highest BCUT2D eigenvalue weighted by atomic mass is 16.1. The molecule has 0 spiro atoms. The Morgan fingerprint density at radius 1 is 1.24 bits per heavy atom. The van der Waals surface area contributed by atoms with Crippen molar-refractivity contribution >= 4 is 5.91 Å². The molecular weight excluding hydrogens is 212 g/mol. The number of nitrogens with one attached hydrogen (secondary N) is 1. The summed E-state index contributed by atoms with van der Waals surface area (Å²) in [5.74, 6) is -0.300. The Morgan fingerprint density at radius 3 is 2.47 bits per heavy atom. The van der Waals surface area contributed by atoms with E-state index in [1.807, 2.05) is 55.6 Å². The first-order valence-electron chi connectivity index (χ1n) is 5.60. The van der Waals surface area contributed by atoms with E-state index in [1.165, 1.54) is 0 Å². The van der Waals surface area contributed by atoms with Gasteiger partial charge < -0.3 is 10.7 Å². The van der Waals surface area contributed by atoms with Gasteiger partial charge in [-0.3, -0.25) is 4.79 Å². The molecule has 0 saturated heterocycles. The first-order chi connectivity index (χ1) is 8.13. The lowest BCUT2D eigenvalue weighted by atomic mass is 9.76. The van der Waals surface area contributed by atoms with Crippen molar-refractivity contribution in [3.63, 3.8) is 0 Å². The fourth-order valence-electron chi connectivity index (χ4n) is 2.18. The zero-order valence-corrected chi connectivity index (χ0v) is 9.81. The number of H-pyrrole nitrogens is 1. The van der Waals surface area contributed by atoms with Crippen molar-refractivity contribution in [3.05, 3.63) is 59.9 Å². The van der Waals surface area contributed by atoms with E-state index >= 15 is 0 Å². The lowest BCUT2D eigenvalue weighted by Crippen LogP contribution is -2.30. The minimum Gasteiger partial charge on any atom is -0.370 e. The van der Waals surface area contributed by atoms with Gasteiger partial charge >= 0.3 is 0 Å². The van der Waals surface area contributed by atoms with Gasteiger partial charge in [0.1, 0.15) is 0 Å². The number of nitrogens with two attached hydrogens (primary N) is 1. The lowest BCUT2D eigenvalue weighted by Gasteiger charge is -2.28. The molecule has 3 heteroatoms. The van der Waals surface area contributed by atoms with E-state index in [2.05, 4.69) is 4.98 Å². The number of amides is 1. The van der Waals surface area contributed by atoms with E-state index in [0.717, 1.165) is 11.3 Å². The highest BCUT2D eigenvalue weighted by Gasteiger charge is 2.31. The number of rotatable bonds is 4. The molecule has 2 rings (SSSR count). The maximum absolute atomic E-state index is 11.3. The highest BCUT2D eigenvalue weighted by molar-refractivity contribution is 5.76. The van der Waals surface area contributed by atoms with Crippen LogP contribution in [0.15, 0.2) is 48.7 Å². The van der Waals surface area contributed by atoms with Crippen molar-refractivity contribution < 1.29 is 4.79 Å². The summed E-state index contributed by atoms with van der Waals surface area (Å²) in [5, 5.41) is 0. The third-order valence-electron chi connectivity index (χ3n) is 3.13. The molecule has 0 aliphatic carbocycles. The third kappa shape index (κ3) is 2.23. The van der Waals surface area contributed by atoms with E-state index in [-0.39, 0.29) is 12.3 Å².